The van der Waals surface area contributed by atoms with Crippen molar-refractivity contribution in [2.24, 2.45) is 0 Å². The van der Waals surface area contributed by atoms with Crippen LogP contribution in [0.2, 0.25) is 0 Å². The lowest BCUT2D eigenvalue weighted by atomic mass is 9.79. The van der Waals surface area contributed by atoms with E-state index in [0.717, 1.165) is 17.4 Å². The van der Waals surface area contributed by atoms with E-state index >= 15 is 0 Å². The number of aryl methyl sites for hydroxylation is 1. The molecule has 2 atom stereocenters. The molecule has 0 aliphatic heterocycles. The minimum absolute atomic E-state index is 0.596. The lowest BCUT2D eigenvalue weighted by Gasteiger charge is -2.28. The van der Waals surface area contributed by atoms with Gasteiger partial charge in [0.05, 0.1) is 7.11 Å². The maximum absolute atomic E-state index is 5.57. The maximum Gasteiger partial charge on any atom is 0.235 e. The molecule has 2 aromatic rings. The molecular formula is C14H18N4O. The summed E-state index contributed by atoms with van der Waals surface area (Å²) in [6.07, 6.45) is 6.35. The standard InChI is InChI=1S/C14H18N4O/c1-8-15-16-13-11-9-4-3-5-10(7-6-9)12(11)14(19-2)17-18(8)13/h9-10H,3-7H2,1-2H3. The van der Waals surface area contributed by atoms with Gasteiger partial charge < -0.3 is 4.74 Å². The van der Waals surface area contributed by atoms with Gasteiger partial charge in [0.2, 0.25) is 5.88 Å². The molecule has 5 nitrogen and oxygen atoms in total. The molecule has 19 heavy (non-hydrogen) atoms. The average Bonchev–Trinajstić information content (AvgIpc) is 2.64. The SMILES string of the molecule is COc1nn2c(C)nnc2c2c1C1CCCC2CC1. The number of hydrogen-bond donors (Lipinski definition) is 0. The zero-order chi connectivity index (χ0) is 13.0. The van der Waals surface area contributed by atoms with E-state index < -0.39 is 0 Å². The van der Waals surface area contributed by atoms with Crippen LogP contribution in [0.25, 0.3) is 5.65 Å². The Morgan fingerprint density at radius 1 is 1.05 bits per heavy atom. The monoisotopic (exact) mass is 258 g/mol. The Labute approximate surface area is 112 Å². The van der Waals surface area contributed by atoms with Crippen molar-refractivity contribution >= 4 is 5.65 Å². The van der Waals surface area contributed by atoms with E-state index in [1.165, 1.54) is 43.2 Å². The van der Waals surface area contributed by atoms with Crippen LogP contribution in [0.1, 0.15) is 60.9 Å². The lowest BCUT2D eigenvalue weighted by Crippen LogP contribution is -2.16. The molecule has 3 aliphatic rings. The third-order valence-corrected chi connectivity index (χ3v) is 4.73. The topological polar surface area (TPSA) is 52.3 Å². The first-order valence-corrected chi connectivity index (χ1v) is 7.09. The fraction of sp³-hybridized carbons (Fsp3) is 0.643. The van der Waals surface area contributed by atoms with Crippen molar-refractivity contribution in [1.82, 2.24) is 19.8 Å². The molecule has 3 aliphatic carbocycles. The van der Waals surface area contributed by atoms with Crippen LogP contribution in [0.5, 0.6) is 5.88 Å². The van der Waals surface area contributed by atoms with Crippen LogP contribution < -0.4 is 4.74 Å². The Bertz CT molecular complexity index is 644. The summed E-state index contributed by atoms with van der Waals surface area (Å²) in [7, 11) is 1.71. The van der Waals surface area contributed by atoms with E-state index in [1.807, 2.05) is 11.4 Å². The fourth-order valence-electron chi connectivity index (χ4n) is 3.85. The summed E-state index contributed by atoms with van der Waals surface area (Å²) in [6.45, 7) is 1.94. The normalized spacial score (nSPS) is 25.4. The molecule has 1 saturated carbocycles. The molecule has 0 radical (unpaired) electrons. The molecule has 5 heteroatoms. The summed E-state index contributed by atoms with van der Waals surface area (Å²) < 4.78 is 7.41. The van der Waals surface area contributed by atoms with Gasteiger partial charge in [-0.2, -0.15) is 4.52 Å². The smallest absolute Gasteiger partial charge is 0.235 e. The van der Waals surface area contributed by atoms with Crippen LogP contribution in [-0.4, -0.2) is 26.9 Å². The molecule has 2 unspecified atom stereocenters. The molecular weight excluding hydrogens is 240 g/mol. The predicted octanol–water partition coefficient (Wildman–Crippen LogP) is 2.59. The van der Waals surface area contributed by atoms with Crippen LogP contribution in [0.4, 0.5) is 0 Å². The second-order valence-electron chi connectivity index (χ2n) is 5.72. The van der Waals surface area contributed by atoms with E-state index in [4.69, 9.17) is 4.74 Å². The third kappa shape index (κ3) is 1.44. The largest absolute Gasteiger partial charge is 0.480 e. The van der Waals surface area contributed by atoms with Crippen molar-refractivity contribution in [3.63, 3.8) is 0 Å². The maximum atomic E-state index is 5.57. The number of hydrogen-bond acceptors (Lipinski definition) is 4. The van der Waals surface area contributed by atoms with Crippen LogP contribution in [0.15, 0.2) is 0 Å². The van der Waals surface area contributed by atoms with Crippen molar-refractivity contribution in [3.8, 4) is 5.88 Å². The first kappa shape index (κ1) is 11.2. The van der Waals surface area contributed by atoms with Gasteiger partial charge in [0.1, 0.15) is 0 Å². The molecule has 1 fully saturated rings. The van der Waals surface area contributed by atoms with E-state index in [9.17, 15) is 0 Å². The number of aromatic nitrogens is 4. The quantitative estimate of drug-likeness (QED) is 0.789. The summed E-state index contributed by atoms with van der Waals surface area (Å²) in [6, 6.07) is 0. The van der Waals surface area contributed by atoms with Gasteiger partial charge in [0, 0.05) is 11.1 Å². The molecule has 5 rings (SSSR count). The summed E-state index contributed by atoms with van der Waals surface area (Å²) in [5, 5.41) is 13.1. The highest BCUT2D eigenvalue weighted by Crippen LogP contribution is 2.50. The number of fused-ring (bicyclic) bond motifs is 4. The Balaban J connectivity index is 2.10. The molecule has 0 spiro atoms. The van der Waals surface area contributed by atoms with Gasteiger partial charge in [-0.3, -0.25) is 0 Å². The van der Waals surface area contributed by atoms with E-state index in [0.29, 0.717) is 11.8 Å². The molecule has 100 valence electrons. The van der Waals surface area contributed by atoms with Crippen molar-refractivity contribution in [1.29, 1.82) is 0 Å². The van der Waals surface area contributed by atoms with Crippen LogP contribution in [0, 0.1) is 6.92 Å². The first-order chi connectivity index (χ1) is 9.29. The highest BCUT2D eigenvalue weighted by atomic mass is 16.5. The summed E-state index contributed by atoms with van der Waals surface area (Å²) in [5.74, 6) is 2.81. The number of methoxy groups -OCH3 is 1. The second-order valence-corrected chi connectivity index (χ2v) is 5.72. The van der Waals surface area contributed by atoms with Crippen LogP contribution >= 0.6 is 0 Å². The van der Waals surface area contributed by atoms with Gasteiger partial charge in [0.15, 0.2) is 11.5 Å². The Morgan fingerprint density at radius 3 is 2.53 bits per heavy atom. The van der Waals surface area contributed by atoms with Gasteiger partial charge in [-0.25, -0.2) is 0 Å². The zero-order valence-electron chi connectivity index (χ0n) is 11.4. The highest BCUT2D eigenvalue weighted by molar-refractivity contribution is 5.58. The minimum atomic E-state index is 0.596. The van der Waals surface area contributed by atoms with Gasteiger partial charge in [0.25, 0.3) is 0 Å². The van der Waals surface area contributed by atoms with Crippen molar-refractivity contribution in [3.05, 3.63) is 17.0 Å². The molecule has 2 aromatic heterocycles. The number of nitrogens with zero attached hydrogens (tertiary/aromatic N) is 4. The Morgan fingerprint density at radius 2 is 1.79 bits per heavy atom. The van der Waals surface area contributed by atoms with Crippen molar-refractivity contribution in [2.75, 3.05) is 7.11 Å². The third-order valence-electron chi connectivity index (χ3n) is 4.73. The Hall–Kier alpha value is -1.65. The summed E-state index contributed by atoms with van der Waals surface area (Å²) in [4.78, 5) is 0. The molecule has 2 bridgehead atoms. The fourth-order valence-corrected chi connectivity index (χ4v) is 3.85. The zero-order valence-corrected chi connectivity index (χ0v) is 11.4. The molecule has 0 aromatic carbocycles. The van der Waals surface area contributed by atoms with E-state index in [1.54, 1.807) is 7.11 Å². The van der Waals surface area contributed by atoms with E-state index in [-0.39, 0.29) is 0 Å². The predicted molar refractivity (Wildman–Crippen MR) is 70.6 cm³/mol. The highest BCUT2D eigenvalue weighted by Gasteiger charge is 2.36. The molecule has 0 amide bonds. The van der Waals surface area contributed by atoms with Gasteiger partial charge in [-0.1, -0.05) is 6.42 Å². The Kier molecular flexibility index (Phi) is 2.31. The van der Waals surface area contributed by atoms with Gasteiger partial charge >= 0.3 is 0 Å². The van der Waals surface area contributed by atoms with Gasteiger partial charge in [-0.15, -0.1) is 15.3 Å². The lowest BCUT2D eigenvalue weighted by molar-refractivity contribution is 0.370. The van der Waals surface area contributed by atoms with Crippen molar-refractivity contribution in [2.45, 2.75) is 50.9 Å². The second kappa shape index (κ2) is 3.92. The first-order valence-electron chi connectivity index (χ1n) is 7.09. The average molecular weight is 258 g/mol. The van der Waals surface area contributed by atoms with Crippen molar-refractivity contribution < 1.29 is 4.74 Å². The minimum Gasteiger partial charge on any atom is -0.480 e. The molecule has 0 saturated heterocycles. The van der Waals surface area contributed by atoms with Crippen LogP contribution in [-0.2, 0) is 0 Å². The van der Waals surface area contributed by atoms with E-state index in [2.05, 4.69) is 15.3 Å². The summed E-state index contributed by atoms with van der Waals surface area (Å²) >= 11 is 0. The summed E-state index contributed by atoms with van der Waals surface area (Å²) in [5.41, 5.74) is 3.63. The molecule has 2 heterocycles. The molecule has 0 N–H and O–H groups in total. The van der Waals surface area contributed by atoms with Crippen LogP contribution in [0.3, 0.4) is 0 Å². The van der Waals surface area contributed by atoms with Gasteiger partial charge in [-0.05, 0) is 44.4 Å². The number of rotatable bonds is 1. The number of ether oxygens (including phenoxy) is 1.